The fraction of sp³-hybridized carbons (Fsp3) is 0.222. The summed E-state index contributed by atoms with van der Waals surface area (Å²) in [5, 5.41) is 7.89. The maximum Gasteiger partial charge on any atom is 0.234 e. The van der Waals surface area contributed by atoms with Gasteiger partial charge in [-0.3, -0.25) is 4.90 Å². The molecule has 0 atom stereocenters. The Morgan fingerprint density at radius 2 is 1.78 bits per heavy atom. The molecule has 0 saturated heterocycles. The molecule has 0 amide bonds. The van der Waals surface area contributed by atoms with E-state index in [2.05, 4.69) is 46.4 Å². The van der Waals surface area contributed by atoms with Crippen LogP contribution in [0.15, 0.2) is 73.1 Å². The molecule has 3 aromatic heterocycles. The predicted molar refractivity (Wildman–Crippen MR) is 142 cm³/mol. The molecule has 182 valence electrons. The van der Waals surface area contributed by atoms with Gasteiger partial charge in [0, 0.05) is 37.0 Å². The third kappa shape index (κ3) is 4.60. The summed E-state index contributed by atoms with van der Waals surface area (Å²) in [4.78, 5) is 20.7. The van der Waals surface area contributed by atoms with Gasteiger partial charge >= 0.3 is 0 Å². The Bertz CT molecular complexity index is 1510. The number of rotatable bonds is 7. The number of nitrogens with one attached hydrogen (secondary N) is 1. The highest BCUT2D eigenvalue weighted by atomic mass is 15.4. The third-order valence-corrected chi connectivity index (χ3v) is 6.11. The Morgan fingerprint density at radius 1 is 0.972 bits per heavy atom. The SMILES string of the molecule is Cc1cc(N(C)c2nc(-c3ccccc3)cc3ncnn23)nc(NC(C)(C)c2cccc(CN)c2)n1. The van der Waals surface area contributed by atoms with Gasteiger partial charge in [-0.15, -0.1) is 0 Å². The number of hydrogen-bond acceptors (Lipinski definition) is 8. The lowest BCUT2D eigenvalue weighted by molar-refractivity contribution is 0.600. The summed E-state index contributed by atoms with van der Waals surface area (Å²) in [5.74, 6) is 1.81. The van der Waals surface area contributed by atoms with Crippen molar-refractivity contribution in [3.8, 4) is 11.3 Å². The lowest BCUT2D eigenvalue weighted by Crippen LogP contribution is -2.30. The molecule has 0 aliphatic carbocycles. The Morgan fingerprint density at radius 3 is 2.56 bits per heavy atom. The molecule has 0 aliphatic rings. The number of aromatic nitrogens is 6. The minimum Gasteiger partial charge on any atom is -0.345 e. The van der Waals surface area contributed by atoms with Crippen LogP contribution in [0.2, 0.25) is 0 Å². The largest absolute Gasteiger partial charge is 0.345 e. The molecule has 5 rings (SSSR count). The van der Waals surface area contributed by atoms with Gasteiger partial charge in [-0.1, -0.05) is 54.6 Å². The molecule has 0 saturated carbocycles. The number of hydrogen-bond donors (Lipinski definition) is 2. The first-order valence-corrected chi connectivity index (χ1v) is 11.8. The lowest BCUT2D eigenvalue weighted by atomic mass is 9.93. The zero-order valence-corrected chi connectivity index (χ0v) is 20.8. The molecular weight excluding hydrogens is 450 g/mol. The number of aryl methyl sites for hydroxylation is 1. The fourth-order valence-electron chi connectivity index (χ4n) is 4.11. The van der Waals surface area contributed by atoms with Crippen LogP contribution in [0.3, 0.4) is 0 Å². The second-order valence-corrected chi connectivity index (χ2v) is 9.24. The van der Waals surface area contributed by atoms with E-state index in [1.165, 1.54) is 6.33 Å². The van der Waals surface area contributed by atoms with E-state index < -0.39 is 5.54 Å². The Hall–Kier alpha value is -4.37. The van der Waals surface area contributed by atoms with Gasteiger partial charge in [0.25, 0.3) is 0 Å². The van der Waals surface area contributed by atoms with Crippen LogP contribution in [0.1, 0.15) is 30.7 Å². The van der Waals surface area contributed by atoms with Crippen molar-refractivity contribution in [3.63, 3.8) is 0 Å². The van der Waals surface area contributed by atoms with Crippen LogP contribution in [-0.2, 0) is 12.1 Å². The maximum atomic E-state index is 5.85. The quantitative estimate of drug-likeness (QED) is 0.352. The highest BCUT2D eigenvalue weighted by Gasteiger charge is 2.23. The molecule has 5 aromatic rings. The van der Waals surface area contributed by atoms with Crippen LogP contribution in [-0.4, -0.2) is 36.6 Å². The summed E-state index contributed by atoms with van der Waals surface area (Å²) in [6.45, 7) is 6.64. The molecule has 0 bridgehead atoms. The van der Waals surface area contributed by atoms with Gasteiger partial charge in [0.05, 0.1) is 11.2 Å². The number of fused-ring (bicyclic) bond motifs is 1. The molecule has 36 heavy (non-hydrogen) atoms. The molecule has 3 heterocycles. The summed E-state index contributed by atoms with van der Waals surface area (Å²) >= 11 is 0. The highest BCUT2D eigenvalue weighted by molar-refractivity contribution is 5.67. The third-order valence-electron chi connectivity index (χ3n) is 6.11. The van der Waals surface area contributed by atoms with Crippen LogP contribution in [0.25, 0.3) is 16.9 Å². The van der Waals surface area contributed by atoms with Gasteiger partial charge in [-0.2, -0.15) is 14.6 Å². The number of anilines is 3. The van der Waals surface area contributed by atoms with Crippen molar-refractivity contribution in [2.24, 2.45) is 5.73 Å². The van der Waals surface area contributed by atoms with Crippen molar-refractivity contribution < 1.29 is 0 Å². The summed E-state index contributed by atoms with van der Waals surface area (Å²) in [6.07, 6.45) is 1.53. The maximum absolute atomic E-state index is 5.85. The highest BCUT2D eigenvalue weighted by Crippen LogP contribution is 2.29. The van der Waals surface area contributed by atoms with Gasteiger partial charge in [-0.25, -0.2) is 15.0 Å². The second kappa shape index (κ2) is 9.35. The van der Waals surface area contributed by atoms with E-state index >= 15 is 0 Å². The smallest absolute Gasteiger partial charge is 0.234 e. The zero-order chi connectivity index (χ0) is 25.3. The average Bonchev–Trinajstić information content (AvgIpc) is 3.36. The van der Waals surface area contributed by atoms with Crippen molar-refractivity contribution in [1.82, 2.24) is 29.5 Å². The Balaban J connectivity index is 1.52. The van der Waals surface area contributed by atoms with Crippen molar-refractivity contribution in [2.75, 3.05) is 17.3 Å². The minimum atomic E-state index is -0.417. The fourth-order valence-corrected chi connectivity index (χ4v) is 4.11. The first-order chi connectivity index (χ1) is 17.3. The van der Waals surface area contributed by atoms with Crippen molar-refractivity contribution in [1.29, 1.82) is 0 Å². The second-order valence-electron chi connectivity index (χ2n) is 9.24. The topological polar surface area (TPSA) is 110 Å². The van der Waals surface area contributed by atoms with Crippen LogP contribution >= 0.6 is 0 Å². The van der Waals surface area contributed by atoms with E-state index in [1.807, 2.05) is 73.5 Å². The predicted octanol–water partition coefficient (Wildman–Crippen LogP) is 4.46. The number of nitrogens with zero attached hydrogens (tertiary/aromatic N) is 7. The molecule has 9 nitrogen and oxygen atoms in total. The standard InChI is InChI=1S/C27H29N9/c1-18-13-24(33-25(31-18)34-27(2,3)21-12-8-9-19(14-21)16-28)35(4)26-32-22(20-10-6-5-7-11-20)15-23-29-17-30-36(23)26/h5-15,17H,16,28H2,1-4H3,(H,31,33,34). The normalized spacial score (nSPS) is 11.6. The zero-order valence-electron chi connectivity index (χ0n) is 20.8. The van der Waals surface area contributed by atoms with E-state index in [9.17, 15) is 0 Å². The number of benzene rings is 2. The summed E-state index contributed by atoms with van der Waals surface area (Å²) in [5.41, 5.74) is 11.0. The van der Waals surface area contributed by atoms with Gasteiger partial charge in [-0.05, 0) is 31.9 Å². The first-order valence-electron chi connectivity index (χ1n) is 11.8. The van der Waals surface area contributed by atoms with Gasteiger partial charge in [0.15, 0.2) is 5.65 Å². The van der Waals surface area contributed by atoms with Crippen LogP contribution in [0.4, 0.5) is 17.7 Å². The minimum absolute atomic E-state index is 0.417. The molecule has 0 unspecified atom stereocenters. The molecule has 0 aliphatic heterocycles. The summed E-state index contributed by atoms with van der Waals surface area (Å²) in [6, 6.07) is 22.1. The molecule has 0 fully saturated rings. The van der Waals surface area contributed by atoms with E-state index in [1.54, 1.807) is 4.52 Å². The summed E-state index contributed by atoms with van der Waals surface area (Å²) in [7, 11) is 1.92. The van der Waals surface area contributed by atoms with Crippen LogP contribution in [0.5, 0.6) is 0 Å². The monoisotopic (exact) mass is 479 g/mol. The Kier molecular flexibility index (Phi) is 6.07. The first kappa shape index (κ1) is 23.4. The van der Waals surface area contributed by atoms with E-state index in [-0.39, 0.29) is 0 Å². The molecule has 0 radical (unpaired) electrons. The van der Waals surface area contributed by atoms with Crippen molar-refractivity contribution in [2.45, 2.75) is 32.9 Å². The average molecular weight is 480 g/mol. The molecule has 3 N–H and O–H groups in total. The lowest BCUT2D eigenvalue weighted by Gasteiger charge is -2.28. The van der Waals surface area contributed by atoms with E-state index in [0.29, 0.717) is 29.9 Å². The Labute approximate surface area is 210 Å². The van der Waals surface area contributed by atoms with Gasteiger partial charge in [0.1, 0.15) is 12.1 Å². The summed E-state index contributed by atoms with van der Waals surface area (Å²) < 4.78 is 1.71. The van der Waals surface area contributed by atoms with Crippen LogP contribution < -0.4 is 16.0 Å². The van der Waals surface area contributed by atoms with Crippen molar-refractivity contribution in [3.05, 3.63) is 89.9 Å². The molecule has 2 aromatic carbocycles. The van der Waals surface area contributed by atoms with Gasteiger partial charge < -0.3 is 11.1 Å². The number of nitrogens with two attached hydrogens (primary N) is 1. The van der Waals surface area contributed by atoms with Crippen LogP contribution in [0, 0.1) is 6.92 Å². The molecular formula is C27H29N9. The van der Waals surface area contributed by atoms with Crippen molar-refractivity contribution >= 4 is 23.4 Å². The van der Waals surface area contributed by atoms with E-state index in [4.69, 9.17) is 15.7 Å². The molecule has 0 spiro atoms. The molecule has 9 heteroatoms. The van der Waals surface area contributed by atoms with E-state index in [0.717, 1.165) is 28.1 Å². The van der Waals surface area contributed by atoms with Gasteiger partial charge in [0.2, 0.25) is 11.9 Å².